The second-order valence-electron chi connectivity index (χ2n) is 7.87. The number of nitrogens with one attached hydrogen (secondary N) is 1. The van der Waals surface area contributed by atoms with Crippen molar-refractivity contribution in [1.82, 2.24) is 20.3 Å². The van der Waals surface area contributed by atoms with E-state index in [1.54, 1.807) is 12.1 Å². The van der Waals surface area contributed by atoms with Gasteiger partial charge in [-0.1, -0.05) is 19.1 Å². The number of carbonyl (C=O) groups is 1. The highest BCUT2D eigenvalue weighted by Crippen LogP contribution is 2.29. The lowest BCUT2D eigenvalue weighted by Crippen LogP contribution is -2.29. The van der Waals surface area contributed by atoms with Crippen LogP contribution in [-0.2, 0) is 0 Å². The SMILES string of the molecule is CCC(C)(C)Oc1nc(N)nc2ccc(-c3ccc(C(=O)NC(C)C)cc3)nc12. The van der Waals surface area contributed by atoms with Crippen molar-refractivity contribution in [2.24, 2.45) is 0 Å². The lowest BCUT2D eigenvalue weighted by molar-refractivity contribution is 0.0942. The predicted molar refractivity (Wildman–Crippen MR) is 115 cm³/mol. The molecular weight excluding hydrogens is 366 g/mol. The van der Waals surface area contributed by atoms with Crippen molar-refractivity contribution < 1.29 is 9.53 Å². The number of carbonyl (C=O) groups excluding carboxylic acids is 1. The average Bonchev–Trinajstić information content (AvgIpc) is 2.67. The van der Waals surface area contributed by atoms with E-state index in [4.69, 9.17) is 15.5 Å². The minimum atomic E-state index is -0.406. The van der Waals surface area contributed by atoms with Gasteiger partial charge in [0.25, 0.3) is 5.91 Å². The van der Waals surface area contributed by atoms with Gasteiger partial charge in [0.1, 0.15) is 5.60 Å². The van der Waals surface area contributed by atoms with Crippen LogP contribution in [0.3, 0.4) is 0 Å². The zero-order chi connectivity index (χ0) is 21.2. The van der Waals surface area contributed by atoms with Crippen molar-refractivity contribution in [2.75, 3.05) is 5.73 Å². The lowest BCUT2D eigenvalue weighted by Gasteiger charge is -2.24. The third kappa shape index (κ3) is 4.80. The highest BCUT2D eigenvalue weighted by atomic mass is 16.5. The lowest BCUT2D eigenvalue weighted by atomic mass is 10.1. The van der Waals surface area contributed by atoms with Crippen LogP contribution >= 0.6 is 0 Å². The Morgan fingerprint density at radius 2 is 1.79 bits per heavy atom. The number of aromatic nitrogens is 3. The first-order chi connectivity index (χ1) is 13.7. The summed E-state index contributed by atoms with van der Waals surface area (Å²) in [6, 6.07) is 11.1. The molecule has 0 bridgehead atoms. The molecule has 1 aromatic carbocycles. The molecule has 0 fully saturated rings. The van der Waals surface area contributed by atoms with Crippen LogP contribution in [0.15, 0.2) is 36.4 Å². The second-order valence-corrected chi connectivity index (χ2v) is 7.87. The van der Waals surface area contributed by atoms with Gasteiger partial charge in [-0.15, -0.1) is 0 Å². The van der Waals surface area contributed by atoms with Gasteiger partial charge in [0.05, 0.1) is 11.2 Å². The van der Waals surface area contributed by atoms with Gasteiger partial charge < -0.3 is 15.8 Å². The van der Waals surface area contributed by atoms with Crippen LogP contribution in [0.1, 0.15) is 51.4 Å². The molecule has 1 amide bonds. The molecule has 152 valence electrons. The summed E-state index contributed by atoms with van der Waals surface area (Å²) in [5.74, 6) is 0.419. The summed E-state index contributed by atoms with van der Waals surface area (Å²) >= 11 is 0. The van der Waals surface area contributed by atoms with E-state index in [9.17, 15) is 4.79 Å². The molecule has 0 spiro atoms. The Balaban J connectivity index is 1.98. The number of fused-ring (bicyclic) bond motifs is 1. The quantitative estimate of drug-likeness (QED) is 0.657. The monoisotopic (exact) mass is 393 g/mol. The predicted octanol–water partition coefficient (Wildman–Crippen LogP) is 3.98. The van der Waals surface area contributed by atoms with Crippen LogP contribution in [0, 0.1) is 0 Å². The fourth-order valence-electron chi connectivity index (χ4n) is 2.71. The Morgan fingerprint density at radius 1 is 1.10 bits per heavy atom. The van der Waals surface area contributed by atoms with Crippen molar-refractivity contribution >= 4 is 22.9 Å². The van der Waals surface area contributed by atoms with Crippen LogP contribution in [0.5, 0.6) is 5.88 Å². The standard InChI is InChI=1S/C22H27N5O2/c1-6-22(4,5)29-20-18-17(26-21(23)27-20)12-11-16(25-18)14-7-9-15(10-8-14)19(28)24-13(2)3/h7-13H,6H2,1-5H3,(H,24,28)(H2,23,26,27). The molecule has 7 nitrogen and oxygen atoms in total. The van der Waals surface area contributed by atoms with E-state index in [0.717, 1.165) is 17.7 Å². The highest BCUT2D eigenvalue weighted by molar-refractivity contribution is 5.94. The van der Waals surface area contributed by atoms with Gasteiger partial charge in [-0.3, -0.25) is 4.79 Å². The number of anilines is 1. The third-order valence-electron chi connectivity index (χ3n) is 4.61. The molecule has 0 saturated heterocycles. The summed E-state index contributed by atoms with van der Waals surface area (Å²) in [5, 5.41) is 2.88. The van der Waals surface area contributed by atoms with Crippen molar-refractivity contribution in [3.05, 3.63) is 42.0 Å². The van der Waals surface area contributed by atoms with E-state index in [1.807, 2.05) is 58.9 Å². The summed E-state index contributed by atoms with van der Waals surface area (Å²) < 4.78 is 6.08. The first kappa shape index (κ1) is 20.5. The van der Waals surface area contributed by atoms with Gasteiger partial charge in [0, 0.05) is 17.2 Å². The van der Waals surface area contributed by atoms with E-state index >= 15 is 0 Å². The second kappa shape index (κ2) is 8.03. The Morgan fingerprint density at radius 3 is 2.41 bits per heavy atom. The highest BCUT2D eigenvalue weighted by Gasteiger charge is 2.21. The largest absolute Gasteiger partial charge is 0.470 e. The van der Waals surface area contributed by atoms with Crippen LogP contribution in [-0.4, -0.2) is 32.5 Å². The van der Waals surface area contributed by atoms with Crippen LogP contribution in [0.2, 0.25) is 0 Å². The van der Waals surface area contributed by atoms with Crippen LogP contribution in [0.25, 0.3) is 22.3 Å². The Kier molecular flexibility index (Phi) is 5.68. The molecule has 3 N–H and O–H groups in total. The minimum Gasteiger partial charge on any atom is -0.470 e. The molecule has 3 rings (SSSR count). The summed E-state index contributed by atoms with van der Waals surface area (Å²) in [6.45, 7) is 9.88. The number of ether oxygens (including phenoxy) is 1. The maximum atomic E-state index is 12.1. The molecule has 0 aliphatic carbocycles. The van der Waals surface area contributed by atoms with E-state index in [1.165, 1.54) is 0 Å². The van der Waals surface area contributed by atoms with E-state index in [2.05, 4.69) is 15.3 Å². The molecule has 0 radical (unpaired) electrons. The fraction of sp³-hybridized carbons (Fsp3) is 0.364. The van der Waals surface area contributed by atoms with Gasteiger partial charge >= 0.3 is 0 Å². The zero-order valence-corrected chi connectivity index (χ0v) is 17.5. The Hall–Kier alpha value is -3.22. The number of amides is 1. The molecule has 0 aliphatic heterocycles. The normalized spacial score (nSPS) is 11.7. The molecule has 3 aromatic rings. The number of benzene rings is 1. The average molecular weight is 393 g/mol. The molecule has 0 atom stereocenters. The zero-order valence-electron chi connectivity index (χ0n) is 17.5. The van der Waals surface area contributed by atoms with Crippen molar-refractivity contribution in [2.45, 2.75) is 52.7 Å². The summed E-state index contributed by atoms with van der Waals surface area (Å²) in [4.78, 5) is 25.4. The van der Waals surface area contributed by atoms with Crippen molar-refractivity contribution in [3.8, 4) is 17.1 Å². The van der Waals surface area contributed by atoms with Gasteiger partial charge in [-0.2, -0.15) is 4.98 Å². The maximum Gasteiger partial charge on any atom is 0.251 e. The molecule has 0 saturated carbocycles. The van der Waals surface area contributed by atoms with Gasteiger partial charge in [0.15, 0.2) is 5.52 Å². The number of hydrogen-bond acceptors (Lipinski definition) is 6. The van der Waals surface area contributed by atoms with E-state index in [-0.39, 0.29) is 17.9 Å². The number of nitrogens with two attached hydrogens (primary N) is 1. The van der Waals surface area contributed by atoms with E-state index in [0.29, 0.717) is 22.5 Å². The summed E-state index contributed by atoms with van der Waals surface area (Å²) in [5.41, 5.74) is 8.84. The molecule has 2 heterocycles. The number of rotatable bonds is 6. The number of nitrogens with zero attached hydrogens (tertiary/aromatic N) is 3. The van der Waals surface area contributed by atoms with Gasteiger partial charge in [-0.05, 0) is 58.4 Å². The Bertz CT molecular complexity index is 1030. The molecule has 7 heteroatoms. The molecular formula is C22H27N5O2. The first-order valence-electron chi connectivity index (χ1n) is 9.73. The topological polar surface area (TPSA) is 103 Å². The minimum absolute atomic E-state index is 0.0857. The van der Waals surface area contributed by atoms with Crippen molar-refractivity contribution in [3.63, 3.8) is 0 Å². The smallest absolute Gasteiger partial charge is 0.251 e. The van der Waals surface area contributed by atoms with Crippen molar-refractivity contribution in [1.29, 1.82) is 0 Å². The summed E-state index contributed by atoms with van der Waals surface area (Å²) in [6.07, 6.45) is 0.804. The molecule has 29 heavy (non-hydrogen) atoms. The number of hydrogen-bond donors (Lipinski definition) is 2. The Labute approximate surface area is 170 Å². The molecule has 2 aromatic heterocycles. The fourth-order valence-corrected chi connectivity index (χ4v) is 2.71. The van der Waals surface area contributed by atoms with Crippen LogP contribution < -0.4 is 15.8 Å². The van der Waals surface area contributed by atoms with Gasteiger partial charge in [0.2, 0.25) is 11.8 Å². The van der Waals surface area contributed by atoms with Gasteiger partial charge in [-0.25, -0.2) is 9.97 Å². The maximum absolute atomic E-state index is 12.1. The number of nitrogen functional groups attached to an aromatic ring is 1. The number of pyridine rings is 1. The third-order valence-corrected chi connectivity index (χ3v) is 4.61. The molecule has 0 unspecified atom stereocenters. The first-order valence-corrected chi connectivity index (χ1v) is 9.73. The van der Waals surface area contributed by atoms with E-state index < -0.39 is 5.60 Å². The van der Waals surface area contributed by atoms with Crippen LogP contribution in [0.4, 0.5) is 5.95 Å². The molecule has 0 aliphatic rings. The summed E-state index contributed by atoms with van der Waals surface area (Å²) in [7, 11) is 0.